The molecule has 0 amide bonds. The summed E-state index contributed by atoms with van der Waals surface area (Å²) < 4.78 is 1.21. The summed E-state index contributed by atoms with van der Waals surface area (Å²) in [4.78, 5) is 1.35. The van der Waals surface area contributed by atoms with E-state index < -0.39 is 0 Å². The normalized spacial score (nSPS) is 17.4. The fourth-order valence-electron chi connectivity index (χ4n) is 1.07. The topological polar surface area (TPSA) is 12.0 Å². The van der Waals surface area contributed by atoms with Crippen molar-refractivity contribution >= 4 is 27.7 Å². The minimum Gasteiger partial charge on any atom is -0.314 e. The molecule has 1 nitrogen and oxygen atoms in total. The minimum atomic E-state index is 0.767. The van der Waals surface area contributed by atoms with Crippen molar-refractivity contribution in [1.29, 1.82) is 0 Å². The van der Waals surface area contributed by atoms with Crippen molar-refractivity contribution in [3.05, 3.63) is 28.7 Å². The van der Waals surface area contributed by atoms with E-state index in [9.17, 15) is 0 Å². The molecule has 1 N–H and O–H groups in total. The molecular weight excluding hydrogens is 234 g/mol. The molecule has 1 saturated heterocycles. The quantitative estimate of drug-likeness (QED) is 0.857. The van der Waals surface area contributed by atoms with Gasteiger partial charge >= 0.3 is 0 Å². The van der Waals surface area contributed by atoms with E-state index in [1.165, 1.54) is 9.37 Å². The molecule has 0 bridgehead atoms. The smallest absolute Gasteiger partial charge is 0.0344 e. The molecule has 0 spiro atoms. The summed E-state index contributed by atoms with van der Waals surface area (Å²) in [7, 11) is 0. The molecule has 1 aliphatic rings. The van der Waals surface area contributed by atoms with Crippen LogP contribution in [0.2, 0.25) is 0 Å². The molecule has 2 rings (SSSR count). The lowest BCUT2D eigenvalue weighted by Gasteiger charge is -2.26. The Morgan fingerprint density at radius 2 is 2.08 bits per heavy atom. The highest BCUT2D eigenvalue weighted by atomic mass is 79.9. The van der Waals surface area contributed by atoms with Crippen molar-refractivity contribution in [2.75, 3.05) is 13.1 Å². The molecule has 1 aromatic rings. The van der Waals surface area contributed by atoms with E-state index >= 15 is 0 Å². The zero-order chi connectivity index (χ0) is 8.39. The van der Waals surface area contributed by atoms with Crippen molar-refractivity contribution in [2.45, 2.75) is 10.1 Å². The summed E-state index contributed by atoms with van der Waals surface area (Å²) in [6.45, 7) is 2.29. The summed E-state index contributed by atoms with van der Waals surface area (Å²) in [5.74, 6) is 0. The third-order valence-electron chi connectivity index (χ3n) is 1.87. The van der Waals surface area contributed by atoms with Gasteiger partial charge in [0.15, 0.2) is 0 Å². The van der Waals surface area contributed by atoms with Gasteiger partial charge in [-0.3, -0.25) is 0 Å². The van der Waals surface area contributed by atoms with E-state index in [0.29, 0.717) is 0 Å². The molecule has 0 aromatic heterocycles. The van der Waals surface area contributed by atoms with Gasteiger partial charge in [-0.2, -0.15) is 0 Å². The first-order valence-electron chi connectivity index (χ1n) is 3.98. The summed E-state index contributed by atoms with van der Waals surface area (Å²) in [6, 6.07) is 8.38. The van der Waals surface area contributed by atoms with Crippen LogP contribution in [0.5, 0.6) is 0 Å². The molecular formula is C9H10BrNS. The van der Waals surface area contributed by atoms with Gasteiger partial charge in [0.05, 0.1) is 0 Å². The molecule has 0 radical (unpaired) electrons. The van der Waals surface area contributed by atoms with Gasteiger partial charge in [-0.15, -0.1) is 11.8 Å². The highest BCUT2D eigenvalue weighted by Gasteiger charge is 2.18. The van der Waals surface area contributed by atoms with Gasteiger partial charge in [0, 0.05) is 27.7 Å². The van der Waals surface area contributed by atoms with Crippen LogP contribution in [0.15, 0.2) is 33.6 Å². The second kappa shape index (κ2) is 3.81. The van der Waals surface area contributed by atoms with E-state index in [0.717, 1.165) is 18.3 Å². The number of hydrogen-bond acceptors (Lipinski definition) is 2. The second-order valence-electron chi connectivity index (χ2n) is 2.83. The third-order valence-corrected chi connectivity index (χ3v) is 4.10. The zero-order valence-electron chi connectivity index (χ0n) is 6.59. The summed E-state index contributed by atoms with van der Waals surface area (Å²) >= 11 is 5.48. The van der Waals surface area contributed by atoms with Crippen LogP contribution in [-0.2, 0) is 0 Å². The Labute approximate surface area is 85.1 Å². The molecule has 1 aliphatic heterocycles. The molecule has 12 heavy (non-hydrogen) atoms. The van der Waals surface area contributed by atoms with Gasteiger partial charge in [0.1, 0.15) is 0 Å². The van der Waals surface area contributed by atoms with Crippen LogP contribution < -0.4 is 5.32 Å². The number of nitrogens with one attached hydrogen (secondary N) is 1. The van der Waals surface area contributed by atoms with Crippen molar-refractivity contribution in [3.8, 4) is 0 Å². The largest absolute Gasteiger partial charge is 0.314 e. The van der Waals surface area contributed by atoms with E-state index in [2.05, 4.69) is 39.4 Å². The van der Waals surface area contributed by atoms with E-state index in [4.69, 9.17) is 0 Å². The Morgan fingerprint density at radius 1 is 1.33 bits per heavy atom. The number of rotatable bonds is 2. The van der Waals surface area contributed by atoms with Crippen molar-refractivity contribution in [1.82, 2.24) is 5.32 Å². The van der Waals surface area contributed by atoms with Crippen LogP contribution in [0.3, 0.4) is 0 Å². The van der Waals surface area contributed by atoms with E-state index in [1.54, 1.807) is 0 Å². The lowest BCUT2D eigenvalue weighted by molar-refractivity contribution is 0.543. The predicted octanol–water partition coefficient (Wildman–Crippen LogP) is 2.51. The minimum absolute atomic E-state index is 0.767. The van der Waals surface area contributed by atoms with Crippen LogP contribution in [0.1, 0.15) is 0 Å². The lowest BCUT2D eigenvalue weighted by atomic mass is 10.3. The van der Waals surface area contributed by atoms with Crippen molar-refractivity contribution < 1.29 is 0 Å². The molecule has 3 heteroatoms. The average molecular weight is 244 g/mol. The molecule has 0 saturated carbocycles. The first-order chi connectivity index (χ1) is 5.86. The van der Waals surface area contributed by atoms with Crippen LogP contribution in [0.4, 0.5) is 0 Å². The fourth-order valence-corrected chi connectivity index (χ4v) is 2.73. The van der Waals surface area contributed by atoms with Crippen molar-refractivity contribution in [3.63, 3.8) is 0 Å². The van der Waals surface area contributed by atoms with E-state index in [-0.39, 0.29) is 0 Å². The summed E-state index contributed by atoms with van der Waals surface area (Å²) in [6.07, 6.45) is 0. The molecule has 1 heterocycles. The van der Waals surface area contributed by atoms with E-state index in [1.807, 2.05) is 17.8 Å². The van der Waals surface area contributed by atoms with Crippen LogP contribution in [0, 0.1) is 0 Å². The number of halogens is 1. The molecule has 0 unspecified atom stereocenters. The van der Waals surface area contributed by atoms with Crippen LogP contribution >= 0.6 is 27.7 Å². The summed E-state index contributed by atoms with van der Waals surface area (Å²) in [5, 5.41) is 4.03. The number of thioether (sulfide) groups is 1. The average Bonchev–Trinajstić information content (AvgIpc) is 2.00. The van der Waals surface area contributed by atoms with Gasteiger partial charge in [0.25, 0.3) is 0 Å². The van der Waals surface area contributed by atoms with Crippen molar-refractivity contribution in [2.24, 2.45) is 0 Å². The van der Waals surface area contributed by atoms with Gasteiger partial charge in [-0.25, -0.2) is 0 Å². The molecule has 64 valence electrons. The third kappa shape index (κ3) is 1.84. The first-order valence-corrected chi connectivity index (χ1v) is 5.65. The molecule has 1 aromatic carbocycles. The number of hydrogen-bond donors (Lipinski definition) is 1. The van der Waals surface area contributed by atoms with Gasteiger partial charge in [-0.1, -0.05) is 12.1 Å². The maximum atomic E-state index is 3.54. The van der Waals surface area contributed by atoms with Crippen LogP contribution in [0.25, 0.3) is 0 Å². The monoisotopic (exact) mass is 243 g/mol. The Balaban J connectivity index is 2.06. The first kappa shape index (κ1) is 8.60. The van der Waals surface area contributed by atoms with Gasteiger partial charge in [-0.05, 0) is 28.1 Å². The van der Waals surface area contributed by atoms with Gasteiger partial charge < -0.3 is 5.32 Å². The second-order valence-corrected chi connectivity index (χ2v) is 5.03. The SMILES string of the molecule is Brc1ccccc1SC1CNC1. The highest BCUT2D eigenvalue weighted by molar-refractivity contribution is 9.10. The Kier molecular flexibility index (Phi) is 2.73. The molecule has 1 fully saturated rings. The Bertz CT molecular complexity index is 273. The zero-order valence-corrected chi connectivity index (χ0v) is 8.99. The fraction of sp³-hybridized carbons (Fsp3) is 0.333. The molecule has 0 atom stereocenters. The standard InChI is InChI=1S/C9H10BrNS/c10-8-3-1-2-4-9(8)12-7-5-11-6-7/h1-4,7,11H,5-6H2. The van der Waals surface area contributed by atoms with Crippen LogP contribution in [-0.4, -0.2) is 18.3 Å². The highest BCUT2D eigenvalue weighted by Crippen LogP contribution is 2.31. The maximum absolute atomic E-state index is 3.54. The maximum Gasteiger partial charge on any atom is 0.0344 e. The predicted molar refractivity (Wildman–Crippen MR) is 56.7 cm³/mol. The summed E-state index contributed by atoms with van der Waals surface area (Å²) in [5.41, 5.74) is 0. The molecule has 0 aliphatic carbocycles. The lowest BCUT2D eigenvalue weighted by Crippen LogP contribution is -2.44. The Morgan fingerprint density at radius 3 is 2.67 bits per heavy atom. The van der Waals surface area contributed by atoms with Gasteiger partial charge in [0.2, 0.25) is 0 Å². The Hall–Kier alpha value is 0.01000. The number of benzene rings is 1.